The summed E-state index contributed by atoms with van der Waals surface area (Å²) in [6.45, 7) is 6.73. The van der Waals surface area contributed by atoms with Crippen LogP contribution < -0.4 is 5.32 Å². The van der Waals surface area contributed by atoms with Gasteiger partial charge >= 0.3 is 0 Å². The smallest absolute Gasteiger partial charge is 0.255 e. The Morgan fingerprint density at radius 1 is 1.23 bits per heavy atom. The molecule has 1 fully saturated rings. The number of rotatable bonds is 2. The van der Waals surface area contributed by atoms with Crippen molar-refractivity contribution in [3.05, 3.63) is 34.4 Å². The number of carbonyl (C=O) groups is 3. The maximum Gasteiger partial charge on any atom is 0.255 e. The fourth-order valence-corrected chi connectivity index (χ4v) is 3.58. The van der Waals surface area contributed by atoms with Crippen molar-refractivity contribution in [2.75, 3.05) is 0 Å². The van der Waals surface area contributed by atoms with Crippen LogP contribution in [-0.4, -0.2) is 28.7 Å². The first-order valence-corrected chi connectivity index (χ1v) is 7.67. The largest absolute Gasteiger partial charge is 0.322 e. The Hall–Kier alpha value is -2.17. The van der Waals surface area contributed by atoms with Crippen molar-refractivity contribution >= 4 is 17.7 Å². The van der Waals surface area contributed by atoms with E-state index in [-0.39, 0.29) is 24.1 Å². The standard InChI is InChI=1S/C17H20N2O3/c1-9(2)15-10(3)4-5-11-12(15)8-19(17(11)22)13-6-7-14(20)18-16(13)21/h4-5,9,13H,6-8H2,1-3H3,(H,18,20,21). The lowest BCUT2D eigenvalue weighted by Gasteiger charge is -2.29. The molecule has 0 aromatic heterocycles. The Morgan fingerprint density at radius 2 is 1.95 bits per heavy atom. The predicted octanol–water partition coefficient (Wildman–Crippen LogP) is 1.88. The van der Waals surface area contributed by atoms with Gasteiger partial charge in [-0.15, -0.1) is 0 Å². The summed E-state index contributed by atoms with van der Waals surface area (Å²) in [6, 6.07) is 3.28. The fraction of sp³-hybridized carbons (Fsp3) is 0.471. The van der Waals surface area contributed by atoms with Crippen molar-refractivity contribution in [1.29, 1.82) is 0 Å². The Morgan fingerprint density at radius 3 is 2.59 bits per heavy atom. The number of hydrogen-bond donors (Lipinski definition) is 1. The topological polar surface area (TPSA) is 66.5 Å². The average Bonchev–Trinajstić information content (AvgIpc) is 2.75. The molecule has 0 aliphatic carbocycles. The number of imide groups is 1. The molecule has 1 aromatic carbocycles. The van der Waals surface area contributed by atoms with Gasteiger partial charge in [-0.2, -0.15) is 0 Å². The number of carbonyl (C=O) groups excluding carboxylic acids is 3. The minimum Gasteiger partial charge on any atom is -0.322 e. The van der Waals surface area contributed by atoms with E-state index in [9.17, 15) is 14.4 Å². The Kier molecular flexibility index (Phi) is 3.51. The second kappa shape index (κ2) is 5.23. The minimum atomic E-state index is -0.544. The second-order valence-corrected chi connectivity index (χ2v) is 6.38. The van der Waals surface area contributed by atoms with Crippen LogP contribution >= 0.6 is 0 Å². The summed E-state index contributed by atoms with van der Waals surface area (Å²) in [5.41, 5.74) is 4.09. The highest BCUT2D eigenvalue weighted by atomic mass is 16.2. The number of amides is 3. The van der Waals surface area contributed by atoms with Gasteiger partial charge in [0.15, 0.2) is 0 Å². The summed E-state index contributed by atoms with van der Waals surface area (Å²) < 4.78 is 0. The van der Waals surface area contributed by atoms with Crippen LogP contribution in [0.2, 0.25) is 0 Å². The van der Waals surface area contributed by atoms with Gasteiger partial charge < -0.3 is 4.90 Å². The Balaban J connectivity index is 1.96. The molecule has 2 heterocycles. The molecule has 22 heavy (non-hydrogen) atoms. The summed E-state index contributed by atoms with van der Waals surface area (Å²) in [5.74, 6) is -0.403. The lowest BCUT2D eigenvalue weighted by atomic mass is 9.90. The SMILES string of the molecule is Cc1ccc2c(c1C(C)C)CN(C1CCC(=O)NC1=O)C2=O. The van der Waals surface area contributed by atoms with Crippen LogP contribution in [0.15, 0.2) is 12.1 Å². The summed E-state index contributed by atoms with van der Waals surface area (Å²) in [7, 11) is 0. The van der Waals surface area contributed by atoms with E-state index in [2.05, 4.69) is 26.1 Å². The van der Waals surface area contributed by atoms with Crippen molar-refractivity contribution in [2.24, 2.45) is 0 Å². The molecule has 5 heteroatoms. The molecule has 2 aliphatic rings. The van der Waals surface area contributed by atoms with Crippen LogP contribution in [0.3, 0.4) is 0 Å². The number of nitrogens with one attached hydrogen (secondary N) is 1. The van der Waals surface area contributed by atoms with Gasteiger partial charge in [-0.1, -0.05) is 19.9 Å². The summed E-state index contributed by atoms with van der Waals surface area (Å²) in [6.07, 6.45) is 0.687. The molecule has 0 radical (unpaired) electrons. The number of piperidine rings is 1. The monoisotopic (exact) mass is 300 g/mol. The number of fused-ring (bicyclic) bond motifs is 1. The quantitative estimate of drug-likeness (QED) is 0.848. The van der Waals surface area contributed by atoms with Crippen LogP contribution in [0.1, 0.15) is 59.7 Å². The van der Waals surface area contributed by atoms with Gasteiger partial charge in [-0.25, -0.2) is 0 Å². The van der Waals surface area contributed by atoms with Crippen molar-refractivity contribution in [3.63, 3.8) is 0 Å². The molecule has 5 nitrogen and oxygen atoms in total. The third kappa shape index (κ3) is 2.21. The Labute approximate surface area is 129 Å². The van der Waals surface area contributed by atoms with Crippen LogP contribution in [0.4, 0.5) is 0 Å². The van der Waals surface area contributed by atoms with E-state index in [0.717, 1.165) is 5.56 Å². The predicted molar refractivity (Wildman–Crippen MR) is 81.3 cm³/mol. The third-order valence-electron chi connectivity index (χ3n) is 4.56. The number of benzene rings is 1. The highest BCUT2D eigenvalue weighted by Crippen LogP contribution is 2.34. The number of hydrogen-bond acceptors (Lipinski definition) is 3. The molecular weight excluding hydrogens is 280 g/mol. The summed E-state index contributed by atoms with van der Waals surface area (Å²) in [5, 5.41) is 2.33. The number of nitrogens with zero attached hydrogens (tertiary/aromatic N) is 1. The molecule has 1 aromatic rings. The Bertz CT molecular complexity index is 679. The first-order valence-electron chi connectivity index (χ1n) is 7.67. The molecule has 1 saturated heterocycles. The van der Waals surface area contributed by atoms with Gasteiger partial charge in [0.2, 0.25) is 11.8 Å². The molecular formula is C17H20N2O3. The normalized spacial score (nSPS) is 21.4. The maximum absolute atomic E-state index is 12.7. The fourth-order valence-electron chi connectivity index (χ4n) is 3.58. The first kappa shape index (κ1) is 14.8. The van der Waals surface area contributed by atoms with Crippen molar-refractivity contribution in [2.45, 2.75) is 52.1 Å². The van der Waals surface area contributed by atoms with Crippen LogP contribution in [-0.2, 0) is 16.1 Å². The molecule has 3 rings (SSSR count). The summed E-state index contributed by atoms with van der Waals surface area (Å²) in [4.78, 5) is 37.6. The molecule has 116 valence electrons. The molecule has 0 bridgehead atoms. The first-order chi connectivity index (χ1) is 10.4. The van der Waals surface area contributed by atoms with Gasteiger partial charge in [-0.05, 0) is 42.0 Å². The van der Waals surface area contributed by atoms with E-state index in [4.69, 9.17) is 0 Å². The molecule has 1 atom stereocenters. The van der Waals surface area contributed by atoms with Gasteiger partial charge in [0.1, 0.15) is 6.04 Å². The molecule has 0 saturated carbocycles. The van der Waals surface area contributed by atoms with E-state index in [1.165, 1.54) is 11.1 Å². The zero-order chi connectivity index (χ0) is 16.0. The van der Waals surface area contributed by atoms with E-state index < -0.39 is 6.04 Å². The van der Waals surface area contributed by atoms with Crippen LogP contribution in [0.25, 0.3) is 0 Å². The van der Waals surface area contributed by atoms with E-state index in [1.54, 1.807) is 4.90 Å². The lowest BCUT2D eigenvalue weighted by molar-refractivity contribution is -0.136. The molecule has 1 unspecified atom stereocenters. The van der Waals surface area contributed by atoms with Crippen molar-refractivity contribution in [3.8, 4) is 0 Å². The minimum absolute atomic E-state index is 0.105. The van der Waals surface area contributed by atoms with Gasteiger partial charge in [0.05, 0.1) is 0 Å². The highest BCUT2D eigenvalue weighted by molar-refractivity contribution is 6.05. The average molecular weight is 300 g/mol. The zero-order valence-corrected chi connectivity index (χ0v) is 13.1. The number of aryl methyl sites for hydroxylation is 1. The van der Waals surface area contributed by atoms with Crippen molar-refractivity contribution in [1.82, 2.24) is 10.2 Å². The molecule has 1 N–H and O–H groups in total. The lowest BCUT2D eigenvalue weighted by Crippen LogP contribution is -2.52. The molecule has 2 aliphatic heterocycles. The van der Waals surface area contributed by atoms with E-state index in [0.29, 0.717) is 24.4 Å². The third-order valence-corrected chi connectivity index (χ3v) is 4.56. The van der Waals surface area contributed by atoms with Crippen LogP contribution in [0.5, 0.6) is 0 Å². The molecule has 0 spiro atoms. The highest BCUT2D eigenvalue weighted by Gasteiger charge is 2.40. The van der Waals surface area contributed by atoms with Gasteiger partial charge in [0, 0.05) is 18.5 Å². The van der Waals surface area contributed by atoms with Gasteiger partial charge in [-0.3, -0.25) is 19.7 Å². The van der Waals surface area contributed by atoms with E-state index in [1.807, 2.05) is 12.1 Å². The van der Waals surface area contributed by atoms with Gasteiger partial charge in [0.25, 0.3) is 5.91 Å². The maximum atomic E-state index is 12.7. The van der Waals surface area contributed by atoms with Crippen LogP contribution in [0, 0.1) is 6.92 Å². The summed E-state index contributed by atoms with van der Waals surface area (Å²) >= 11 is 0. The van der Waals surface area contributed by atoms with Crippen molar-refractivity contribution < 1.29 is 14.4 Å². The molecule has 3 amide bonds. The van der Waals surface area contributed by atoms with E-state index >= 15 is 0 Å². The second-order valence-electron chi connectivity index (χ2n) is 6.38. The zero-order valence-electron chi connectivity index (χ0n) is 13.1.